The number of likely N-dealkylation sites (N-methyl/N-ethyl adjacent to an activating group) is 1. The predicted molar refractivity (Wildman–Crippen MR) is 177 cm³/mol. The Morgan fingerprint density at radius 2 is 1.47 bits per heavy atom. The van der Waals surface area contributed by atoms with E-state index < -0.39 is 13.9 Å². The summed E-state index contributed by atoms with van der Waals surface area (Å²) in [6, 6.07) is 9.02. The molecule has 0 aliphatic carbocycles. The lowest BCUT2D eigenvalue weighted by Crippen LogP contribution is -2.38. The number of benzene rings is 1. The standard InChI is InChI=1S/C34H61N2O6P/c1-5-6-7-8-9-10-11-12-13-14-15-16-17-18-19-23-27-40-31-33(42-43(38,39)41-28-26-36(2,3)4)29-35-30-34(37)32-24-21-20-22-25-32/h12-13,20-22,24-25,33,35H,5-11,14-19,23,26-31H2,1-4H3/p+1. The molecule has 2 N–H and O–H groups in total. The summed E-state index contributed by atoms with van der Waals surface area (Å²) in [5.74, 6) is -0.0594. The highest BCUT2D eigenvalue weighted by atomic mass is 31.2. The normalized spacial score (nSPS) is 14.3. The third-order valence-electron chi connectivity index (χ3n) is 7.16. The maximum atomic E-state index is 12.6. The number of Topliss-reactive ketones (excluding diaryl/α,β-unsaturated/α-hetero) is 1. The molecule has 0 aromatic heterocycles. The van der Waals surface area contributed by atoms with Gasteiger partial charge >= 0.3 is 7.82 Å². The van der Waals surface area contributed by atoms with Crippen molar-refractivity contribution in [2.45, 2.75) is 103 Å². The molecule has 1 aromatic rings. The fourth-order valence-corrected chi connectivity index (χ4v) is 5.40. The zero-order valence-electron chi connectivity index (χ0n) is 27.6. The number of phosphoric acid groups is 1. The molecule has 2 atom stereocenters. The van der Waals surface area contributed by atoms with Crippen molar-refractivity contribution >= 4 is 13.6 Å². The number of nitrogens with one attached hydrogen (secondary N) is 1. The number of ketones is 1. The first-order valence-electron chi connectivity index (χ1n) is 16.6. The molecule has 9 heteroatoms. The van der Waals surface area contributed by atoms with Crippen LogP contribution in [0.4, 0.5) is 0 Å². The smallest absolute Gasteiger partial charge is 0.379 e. The van der Waals surface area contributed by atoms with E-state index in [0.29, 0.717) is 23.2 Å². The molecule has 2 unspecified atom stereocenters. The number of hydrogen-bond donors (Lipinski definition) is 2. The van der Waals surface area contributed by atoms with Gasteiger partial charge in [0.1, 0.15) is 19.3 Å². The molecule has 43 heavy (non-hydrogen) atoms. The zero-order chi connectivity index (χ0) is 31.7. The molecule has 1 rings (SSSR count). The highest BCUT2D eigenvalue weighted by Gasteiger charge is 2.28. The van der Waals surface area contributed by atoms with Crippen molar-refractivity contribution in [2.24, 2.45) is 0 Å². The van der Waals surface area contributed by atoms with Gasteiger partial charge in [0.15, 0.2) is 5.78 Å². The Morgan fingerprint density at radius 1 is 0.884 bits per heavy atom. The van der Waals surface area contributed by atoms with Crippen molar-refractivity contribution in [1.82, 2.24) is 5.32 Å². The predicted octanol–water partition coefficient (Wildman–Crippen LogP) is 7.72. The number of unbranched alkanes of at least 4 members (excludes halogenated alkanes) is 12. The van der Waals surface area contributed by atoms with E-state index in [1.807, 2.05) is 39.3 Å². The van der Waals surface area contributed by atoms with Crippen LogP contribution < -0.4 is 5.32 Å². The highest BCUT2D eigenvalue weighted by Crippen LogP contribution is 2.44. The minimum Gasteiger partial charge on any atom is -0.379 e. The lowest BCUT2D eigenvalue weighted by atomic mass is 10.1. The van der Waals surface area contributed by atoms with Gasteiger partial charge in [-0.15, -0.1) is 0 Å². The molecule has 0 saturated carbocycles. The molecule has 0 aliphatic heterocycles. The van der Waals surface area contributed by atoms with Crippen LogP contribution in [0.25, 0.3) is 0 Å². The van der Waals surface area contributed by atoms with E-state index in [4.69, 9.17) is 13.8 Å². The monoisotopic (exact) mass is 625 g/mol. The summed E-state index contributed by atoms with van der Waals surface area (Å²) < 4.78 is 29.6. The molecule has 0 amide bonds. The van der Waals surface area contributed by atoms with Crippen molar-refractivity contribution in [1.29, 1.82) is 0 Å². The first kappa shape index (κ1) is 39.6. The third-order valence-corrected chi connectivity index (χ3v) is 8.23. The summed E-state index contributed by atoms with van der Waals surface area (Å²) in [5.41, 5.74) is 0.611. The second-order valence-electron chi connectivity index (χ2n) is 12.5. The van der Waals surface area contributed by atoms with Crippen LogP contribution in [0.2, 0.25) is 0 Å². The molecule has 0 bridgehead atoms. The van der Waals surface area contributed by atoms with Gasteiger partial charge in [-0.25, -0.2) is 4.57 Å². The third kappa shape index (κ3) is 24.6. The molecule has 0 fully saturated rings. The number of allylic oxidation sites excluding steroid dienone is 2. The molecular weight excluding hydrogens is 563 g/mol. The Bertz CT molecular complexity index is 891. The molecule has 0 spiro atoms. The lowest BCUT2D eigenvalue weighted by Gasteiger charge is -2.25. The minimum atomic E-state index is -4.27. The first-order valence-corrected chi connectivity index (χ1v) is 18.1. The largest absolute Gasteiger partial charge is 0.472 e. The van der Waals surface area contributed by atoms with Crippen molar-refractivity contribution in [3.8, 4) is 0 Å². The SMILES string of the molecule is CCCCCCCCC=CCCCCCCCCOCC(CNCC(=O)c1ccccc1)OP(=O)(O)OCC[N+](C)(C)C. The van der Waals surface area contributed by atoms with E-state index in [1.165, 1.54) is 77.0 Å². The van der Waals surface area contributed by atoms with Crippen molar-refractivity contribution < 1.29 is 32.5 Å². The number of hydrogen-bond acceptors (Lipinski definition) is 6. The highest BCUT2D eigenvalue weighted by molar-refractivity contribution is 7.47. The molecule has 248 valence electrons. The first-order chi connectivity index (χ1) is 20.6. The van der Waals surface area contributed by atoms with Gasteiger partial charge in [0, 0.05) is 18.7 Å². The average Bonchev–Trinajstić information content (AvgIpc) is 2.95. The quantitative estimate of drug-likeness (QED) is 0.0309. The van der Waals surface area contributed by atoms with E-state index in [-0.39, 0.29) is 32.1 Å². The van der Waals surface area contributed by atoms with Crippen LogP contribution in [0.5, 0.6) is 0 Å². The summed E-state index contributed by atoms with van der Waals surface area (Å²) in [6.45, 7) is 3.90. The van der Waals surface area contributed by atoms with Crippen LogP contribution in [0.15, 0.2) is 42.5 Å². The van der Waals surface area contributed by atoms with E-state index in [2.05, 4.69) is 24.4 Å². The number of carbonyl (C=O) groups is 1. The van der Waals surface area contributed by atoms with Gasteiger partial charge in [0.2, 0.25) is 0 Å². The maximum Gasteiger partial charge on any atom is 0.472 e. The van der Waals surface area contributed by atoms with Gasteiger partial charge in [0.25, 0.3) is 0 Å². The topological polar surface area (TPSA) is 94.1 Å². The zero-order valence-corrected chi connectivity index (χ0v) is 28.5. The number of phosphoric ester groups is 1. The van der Waals surface area contributed by atoms with Crippen LogP contribution in [0.1, 0.15) is 107 Å². The molecule has 0 aliphatic rings. The van der Waals surface area contributed by atoms with Gasteiger partial charge in [-0.3, -0.25) is 13.8 Å². The van der Waals surface area contributed by atoms with Crippen molar-refractivity contribution in [3.05, 3.63) is 48.0 Å². The van der Waals surface area contributed by atoms with Crippen LogP contribution in [-0.2, 0) is 18.3 Å². The second kappa shape index (κ2) is 24.9. The van der Waals surface area contributed by atoms with Crippen LogP contribution in [0, 0.1) is 0 Å². The molecule has 0 saturated heterocycles. The van der Waals surface area contributed by atoms with Crippen LogP contribution >= 0.6 is 7.82 Å². The summed E-state index contributed by atoms with van der Waals surface area (Å²) in [4.78, 5) is 22.7. The average molecular weight is 626 g/mol. The summed E-state index contributed by atoms with van der Waals surface area (Å²) >= 11 is 0. The fourth-order valence-electron chi connectivity index (χ4n) is 4.51. The maximum absolute atomic E-state index is 12.6. The Kier molecular flexibility index (Phi) is 22.9. The Morgan fingerprint density at radius 3 is 2.07 bits per heavy atom. The molecule has 0 radical (unpaired) electrons. The van der Waals surface area contributed by atoms with Crippen molar-refractivity contribution in [2.75, 3.05) is 60.6 Å². The Labute approximate surface area is 262 Å². The Balaban J connectivity index is 2.24. The van der Waals surface area contributed by atoms with Gasteiger partial charge in [-0.2, -0.15) is 0 Å². The van der Waals surface area contributed by atoms with E-state index in [1.54, 1.807) is 12.1 Å². The second-order valence-corrected chi connectivity index (χ2v) is 13.9. The number of quaternary nitrogens is 1. The molecule has 8 nitrogen and oxygen atoms in total. The molecule has 1 aromatic carbocycles. The van der Waals surface area contributed by atoms with E-state index >= 15 is 0 Å². The van der Waals surface area contributed by atoms with E-state index in [0.717, 1.165) is 12.8 Å². The summed E-state index contributed by atoms with van der Waals surface area (Å²) in [5, 5.41) is 3.05. The van der Waals surface area contributed by atoms with E-state index in [9.17, 15) is 14.3 Å². The number of nitrogens with zero attached hydrogens (tertiary/aromatic N) is 1. The lowest BCUT2D eigenvalue weighted by molar-refractivity contribution is -0.870. The minimum absolute atomic E-state index is 0.0594. The van der Waals surface area contributed by atoms with Gasteiger partial charge in [-0.05, 0) is 32.1 Å². The Hall–Kier alpha value is -1.38. The number of ether oxygens (including phenoxy) is 1. The van der Waals surface area contributed by atoms with Gasteiger partial charge < -0.3 is 19.4 Å². The van der Waals surface area contributed by atoms with Crippen LogP contribution in [0.3, 0.4) is 0 Å². The van der Waals surface area contributed by atoms with Crippen LogP contribution in [-0.4, -0.2) is 81.9 Å². The van der Waals surface area contributed by atoms with Crippen molar-refractivity contribution in [3.63, 3.8) is 0 Å². The summed E-state index contributed by atoms with van der Waals surface area (Å²) in [6.07, 6.45) is 21.5. The van der Waals surface area contributed by atoms with Gasteiger partial charge in [-0.1, -0.05) is 107 Å². The molecular formula is C34H62N2O6P+. The molecule has 0 heterocycles. The number of rotatable bonds is 29. The fraction of sp³-hybridized carbons (Fsp3) is 0.735. The number of carbonyl (C=O) groups excluding carboxylic acids is 1. The summed E-state index contributed by atoms with van der Waals surface area (Å²) in [7, 11) is 1.67. The van der Waals surface area contributed by atoms with Gasteiger partial charge in [0.05, 0.1) is 34.3 Å².